The number of nitrogens with one attached hydrogen (secondary N) is 1. The van der Waals surface area contributed by atoms with Gasteiger partial charge in [0.2, 0.25) is 0 Å². The standard InChI is InChI=1S/C13H27NO4/c1-3-18-11-6-4-10(5-7-11)8-12(14-9-15)13(16)17-2/h10-16H,3-9H2,1-2H3. The zero-order chi connectivity index (χ0) is 13.4. The van der Waals surface area contributed by atoms with Crippen molar-refractivity contribution in [2.24, 2.45) is 5.92 Å². The molecule has 1 fully saturated rings. The van der Waals surface area contributed by atoms with Gasteiger partial charge in [0, 0.05) is 13.7 Å². The molecule has 2 atom stereocenters. The van der Waals surface area contributed by atoms with Crippen LogP contribution in [-0.4, -0.2) is 49.1 Å². The molecule has 0 spiro atoms. The van der Waals surface area contributed by atoms with Crippen LogP contribution in [0.4, 0.5) is 0 Å². The Labute approximate surface area is 109 Å². The van der Waals surface area contributed by atoms with Gasteiger partial charge in [0.1, 0.15) is 0 Å². The Bertz CT molecular complexity index is 207. The van der Waals surface area contributed by atoms with Gasteiger partial charge in [-0.05, 0) is 44.9 Å². The number of hydrogen-bond donors (Lipinski definition) is 3. The zero-order valence-electron chi connectivity index (χ0n) is 11.5. The van der Waals surface area contributed by atoms with Crippen LogP contribution in [0.15, 0.2) is 0 Å². The van der Waals surface area contributed by atoms with Gasteiger partial charge in [-0.1, -0.05) is 0 Å². The predicted molar refractivity (Wildman–Crippen MR) is 69.0 cm³/mol. The Morgan fingerprint density at radius 3 is 2.44 bits per heavy atom. The third kappa shape index (κ3) is 5.20. The van der Waals surface area contributed by atoms with Crippen LogP contribution in [0.1, 0.15) is 39.0 Å². The van der Waals surface area contributed by atoms with Gasteiger partial charge < -0.3 is 19.7 Å². The number of hydrogen-bond acceptors (Lipinski definition) is 5. The fourth-order valence-electron chi connectivity index (χ4n) is 2.71. The molecule has 1 rings (SSSR count). The summed E-state index contributed by atoms with van der Waals surface area (Å²) in [5.74, 6) is 0.565. The molecule has 0 radical (unpaired) electrons. The van der Waals surface area contributed by atoms with E-state index in [1.54, 1.807) is 0 Å². The van der Waals surface area contributed by atoms with Crippen molar-refractivity contribution in [2.45, 2.75) is 57.5 Å². The van der Waals surface area contributed by atoms with Crippen molar-refractivity contribution < 1.29 is 19.7 Å². The second-order valence-corrected chi connectivity index (χ2v) is 4.93. The highest BCUT2D eigenvalue weighted by Gasteiger charge is 2.26. The summed E-state index contributed by atoms with van der Waals surface area (Å²) in [6, 6.07) is -0.200. The Morgan fingerprint density at radius 1 is 1.28 bits per heavy atom. The Hall–Kier alpha value is -0.200. The van der Waals surface area contributed by atoms with Crippen LogP contribution in [0.3, 0.4) is 0 Å². The van der Waals surface area contributed by atoms with E-state index in [1.165, 1.54) is 7.11 Å². The maximum Gasteiger partial charge on any atom is 0.169 e. The van der Waals surface area contributed by atoms with Crippen LogP contribution >= 0.6 is 0 Å². The first-order chi connectivity index (χ1) is 8.71. The summed E-state index contributed by atoms with van der Waals surface area (Å²) < 4.78 is 10.5. The van der Waals surface area contributed by atoms with Gasteiger partial charge in [0.15, 0.2) is 6.29 Å². The van der Waals surface area contributed by atoms with E-state index in [0.29, 0.717) is 12.0 Å². The first-order valence-electron chi connectivity index (χ1n) is 6.87. The van der Waals surface area contributed by atoms with Gasteiger partial charge in [0.25, 0.3) is 0 Å². The summed E-state index contributed by atoms with van der Waals surface area (Å²) in [5, 5.41) is 21.5. The molecule has 0 saturated heterocycles. The average Bonchev–Trinajstić information content (AvgIpc) is 2.40. The van der Waals surface area contributed by atoms with Crippen molar-refractivity contribution in [3.63, 3.8) is 0 Å². The molecular formula is C13H27NO4. The van der Waals surface area contributed by atoms with Crippen molar-refractivity contribution in [3.05, 3.63) is 0 Å². The van der Waals surface area contributed by atoms with Gasteiger partial charge in [-0.15, -0.1) is 0 Å². The largest absolute Gasteiger partial charge is 0.381 e. The Morgan fingerprint density at radius 2 is 1.94 bits per heavy atom. The summed E-state index contributed by atoms with van der Waals surface area (Å²) in [4.78, 5) is 0. The van der Waals surface area contributed by atoms with Crippen LogP contribution in [0.5, 0.6) is 0 Å². The monoisotopic (exact) mass is 261 g/mol. The lowest BCUT2D eigenvalue weighted by Gasteiger charge is -2.32. The highest BCUT2D eigenvalue weighted by molar-refractivity contribution is 4.79. The van der Waals surface area contributed by atoms with Crippen LogP contribution < -0.4 is 5.32 Å². The fourth-order valence-corrected chi connectivity index (χ4v) is 2.71. The van der Waals surface area contributed by atoms with Crippen LogP contribution in [-0.2, 0) is 9.47 Å². The maximum atomic E-state index is 9.70. The van der Waals surface area contributed by atoms with Crippen molar-refractivity contribution in [3.8, 4) is 0 Å². The van der Waals surface area contributed by atoms with Crippen LogP contribution in [0, 0.1) is 5.92 Å². The molecule has 108 valence electrons. The molecule has 3 N–H and O–H groups in total. The molecule has 2 unspecified atom stereocenters. The van der Waals surface area contributed by atoms with Gasteiger partial charge >= 0.3 is 0 Å². The van der Waals surface area contributed by atoms with E-state index < -0.39 is 6.29 Å². The molecule has 0 heterocycles. The molecule has 1 saturated carbocycles. The van der Waals surface area contributed by atoms with E-state index in [1.807, 2.05) is 6.92 Å². The van der Waals surface area contributed by atoms with E-state index in [0.717, 1.165) is 38.7 Å². The molecule has 0 aromatic rings. The summed E-state index contributed by atoms with van der Waals surface area (Å²) in [5.41, 5.74) is 0. The van der Waals surface area contributed by atoms with Crippen molar-refractivity contribution in [2.75, 3.05) is 20.4 Å². The van der Waals surface area contributed by atoms with E-state index in [-0.39, 0.29) is 12.8 Å². The van der Waals surface area contributed by atoms with Gasteiger partial charge in [-0.2, -0.15) is 0 Å². The second-order valence-electron chi connectivity index (χ2n) is 4.93. The van der Waals surface area contributed by atoms with E-state index in [4.69, 9.17) is 14.6 Å². The number of ether oxygens (including phenoxy) is 2. The molecule has 5 nitrogen and oxygen atoms in total. The minimum absolute atomic E-state index is 0.140. The van der Waals surface area contributed by atoms with Crippen molar-refractivity contribution in [1.82, 2.24) is 5.32 Å². The quantitative estimate of drug-likeness (QED) is 0.565. The lowest BCUT2D eigenvalue weighted by atomic mass is 9.83. The van der Waals surface area contributed by atoms with Crippen molar-refractivity contribution in [1.29, 1.82) is 0 Å². The minimum Gasteiger partial charge on any atom is -0.381 e. The SMILES string of the molecule is CCOC1CCC(CC(NCO)C(O)OC)CC1. The topological polar surface area (TPSA) is 71.0 Å². The molecule has 5 heteroatoms. The number of methoxy groups -OCH3 is 1. The Kier molecular flexibility index (Phi) is 7.77. The predicted octanol–water partition coefficient (Wildman–Crippen LogP) is 0.845. The highest BCUT2D eigenvalue weighted by Crippen LogP contribution is 2.29. The highest BCUT2D eigenvalue weighted by atomic mass is 16.6. The van der Waals surface area contributed by atoms with E-state index in [9.17, 15) is 5.11 Å². The summed E-state index contributed by atoms with van der Waals surface area (Å²) in [6.45, 7) is 2.67. The van der Waals surface area contributed by atoms with Crippen molar-refractivity contribution >= 4 is 0 Å². The van der Waals surface area contributed by atoms with Gasteiger partial charge in [-0.25, -0.2) is 0 Å². The fraction of sp³-hybridized carbons (Fsp3) is 1.00. The molecule has 0 aromatic carbocycles. The van der Waals surface area contributed by atoms with E-state index >= 15 is 0 Å². The lowest BCUT2D eigenvalue weighted by molar-refractivity contribution is -0.106. The third-order valence-electron chi connectivity index (χ3n) is 3.72. The normalized spacial score (nSPS) is 28.0. The minimum atomic E-state index is -0.859. The molecule has 0 aliphatic heterocycles. The van der Waals surface area contributed by atoms with Gasteiger partial charge in [-0.3, -0.25) is 5.32 Å². The second kappa shape index (κ2) is 8.82. The number of aliphatic hydroxyl groups is 2. The lowest BCUT2D eigenvalue weighted by Crippen LogP contribution is -2.43. The number of rotatable bonds is 8. The molecule has 0 amide bonds. The summed E-state index contributed by atoms with van der Waals surface area (Å²) in [7, 11) is 1.47. The third-order valence-corrected chi connectivity index (χ3v) is 3.72. The average molecular weight is 261 g/mol. The summed E-state index contributed by atoms with van der Waals surface area (Å²) >= 11 is 0. The summed E-state index contributed by atoms with van der Waals surface area (Å²) in [6.07, 6.45) is 4.79. The molecule has 0 aromatic heterocycles. The van der Waals surface area contributed by atoms with Crippen LogP contribution in [0.25, 0.3) is 0 Å². The number of aliphatic hydroxyl groups excluding tert-OH is 2. The molecule has 18 heavy (non-hydrogen) atoms. The van der Waals surface area contributed by atoms with Crippen LogP contribution in [0.2, 0.25) is 0 Å². The first kappa shape index (κ1) is 15.9. The molecule has 1 aliphatic rings. The molecule has 0 bridgehead atoms. The maximum absolute atomic E-state index is 9.70. The first-order valence-corrected chi connectivity index (χ1v) is 6.87. The molecular weight excluding hydrogens is 234 g/mol. The van der Waals surface area contributed by atoms with Gasteiger partial charge in [0.05, 0.1) is 18.9 Å². The molecule has 1 aliphatic carbocycles. The smallest absolute Gasteiger partial charge is 0.169 e. The zero-order valence-corrected chi connectivity index (χ0v) is 11.5. The Balaban J connectivity index is 2.32. The van der Waals surface area contributed by atoms with E-state index in [2.05, 4.69) is 5.32 Å².